The molecule has 0 radical (unpaired) electrons. The summed E-state index contributed by atoms with van der Waals surface area (Å²) in [6, 6.07) is 6.54. The standard InChI is InChI=1S/C14H18ClN3/c1-8(2)10-5-6-12-11(7-10)13(16-9(3)4)18-14(15)17-12/h5-9H,1-4H3,(H,16,17,18). The maximum absolute atomic E-state index is 5.95. The highest BCUT2D eigenvalue weighted by molar-refractivity contribution is 6.28. The maximum Gasteiger partial charge on any atom is 0.224 e. The summed E-state index contributed by atoms with van der Waals surface area (Å²) >= 11 is 5.95. The number of hydrogen-bond acceptors (Lipinski definition) is 3. The van der Waals surface area contributed by atoms with Crippen LogP contribution in [0.15, 0.2) is 18.2 Å². The van der Waals surface area contributed by atoms with Crippen LogP contribution in [0.1, 0.15) is 39.2 Å². The number of aromatic nitrogens is 2. The highest BCUT2D eigenvalue weighted by Crippen LogP contribution is 2.26. The van der Waals surface area contributed by atoms with E-state index in [2.05, 4.69) is 55.1 Å². The van der Waals surface area contributed by atoms with E-state index in [1.165, 1.54) is 5.56 Å². The molecule has 18 heavy (non-hydrogen) atoms. The minimum Gasteiger partial charge on any atom is -0.367 e. The molecule has 2 aromatic rings. The van der Waals surface area contributed by atoms with Crippen molar-refractivity contribution >= 4 is 28.3 Å². The van der Waals surface area contributed by atoms with Gasteiger partial charge in [0.2, 0.25) is 5.28 Å². The van der Waals surface area contributed by atoms with Crippen LogP contribution in [0.2, 0.25) is 5.28 Å². The van der Waals surface area contributed by atoms with Crippen LogP contribution in [0.3, 0.4) is 0 Å². The van der Waals surface area contributed by atoms with Crippen LogP contribution >= 0.6 is 11.6 Å². The largest absolute Gasteiger partial charge is 0.367 e. The van der Waals surface area contributed by atoms with Gasteiger partial charge >= 0.3 is 0 Å². The van der Waals surface area contributed by atoms with E-state index in [0.717, 1.165) is 16.7 Å². The topological polar surface area (TPSA) is 37.8 Å². The summed E-state index contributed by atoms with van der Waals surface area (Å²) in [5.74, 6) is 1.29. The molecule has 0 aliphatic carbocycles. The van der Waals surface area contributed by atoms with Gasteiger partial charge in [-0.15, -0.1) is 0 Å². The van der Waals surface area contributed by atoms with Crippen LogP contribution < -0.4 is 5.32 Å². The van der Waals surface area contributed by atoms with Crippen molar-refractivity contribution in [1.82, 2.24) is 9.97 Å². The molecule has 0 amide bonds. The zero-order chi connectivity index (χ0) is 13.3. The van der Waals surface area contributed by atoms with E-state index in [0.29, 0.717) is 12.0 Å². The predicted octanol–water partition coefficient (Wildman–Crippen LogP) is 4.23. The van der Waals surface area contributed by atoms with Crippen molar-refractivity contribution < 1.29 is 0 Å². The molecule has 0 aliphatic rings. The lowest BCUT2D eigenvalue weighted by Gasteiger charge is -2.13. The third-order valence-corrected chi connectivity index (χ3v) is 2.95. The molecule has 0 aliphatic heterocycles. The van der Waals surface area contributed by atoms with Gasteiger partial charge in [-0.3, -0.25) is 0 Å². The number of nitrogens with zero attached hydrogens (tertiary/aromatic N) is 2. The van der Waals surface area contributed by atoms with E-state index in [4.69, 9.17) is 11.6 Å². The fraction of sp³-hybridized carbons (Fsp3) is 0.429. The van der Waals surface area contributed by atoms with Crippen LogP contribution in [0, 0.1) is 0 Å². The number of benzene rings is 1. The van der Waals surface area contributed by atoms with E-state index in [-0.39, 0.29) is 5.28 Å². The number of rotatable bonds is 3. The number of hydrogen-bond donors (Lipinski definition) is 1. The Kier molecular flexibility index (Phi) is 3.71. The number of anilines is 1. The minimum atomic E-state index is 0.281. The molecule has 1 aromatic carbocycles. The Morgan fingerprint density at radius 1 is 1.11 bits per heavy atom. The molecule has 3 nitrogen and oxygen atoms in total. The summed E-state index contributed by atoms with van der Waals surface area (Å²) in [7, 11) is 0. The van der Waals surface area contributed by atoms with Gasteiger partial charge in [-0.1, -0.05) is 19.9 Å². The zero-order valence-electron chi connectivity index (χ0n) is 11.2. The molecule has 0 fully saturated rings. The number of nitrogens with one attached hydrogen (secondary N) is 1. The van der Waals surface area contributed by atoms with Crippen molar-refractivity contribution in [3.05, 3.63) is 29.0 Å². The minimum absolute atomic E-state index is 0.281. The first kappa shape index (κ1) is 13.1. The Bertz CT molecular complexity index is 564. The summed E-state index contributed by atoms with van der Waals surface area (Å²) in [5, 5.41) is 4.63. The lowest BCUT2D eigenvalue weighted by atomic mass is 10.0. The molecule has 0 saturated carbocycles. The smallest absolute Gasteiger partial charge is 0.224 e. The van der Waals surface area contributed by atoms with E-state index in [1.807, 2.05) is 6.07 Å². The van der Waals surface area contributed by atoms with Gasteiger partial charge < -0.3 is 5.32 Å². The summed E-state index contributed by atoms with van der Waals surface area (Å²) in [6.07, 6.45) is 0. The second-order valence-electron chi connectivity index (χ2n) is 5.07. The van der Waals surface area contributed by atoms with Gasteiger partial charge in [0.1, 0.15) is 5.82 Å². The first-order valence-electron chi connectivity index (χ1n) is 6.21. The summed E-state index contributed by atoms with van der Waals surface area (Å²) in [4.78, 5) is 8.54. The summed E-state index contributed by atoms with van der Waals surface area (Å²) in [5.41, 5.74) is 2.16. The maximum atomic E-state index is 5.95. The Labute approximate surface area is 113 Å². The highest BCUT2D eigenvalue weighted by Gasteiger charge is 2.09. The van der Waals surface area contributed by atoms with Gasteiger partial charge in [-0.2, -0.15) is 0 Å². The molecule has 4 heteroatoms. The molecule has 0 spiro atoms. The lowest BCUT2D eigenvalue weighted by Crippen LogP contribution is -2.12. The zero-order valence-corrected chi connectivity index (χ0v) is 11.9. The van der Waals surface area contributed by atoms with Crippen molar-refractivity contribution in [2.75, 3.05) is 5.32 Å². The highest BCUT2D eigenvalue weighted by atomic mass is 35.5. The Balaban J connectivity index is 2.62. The molecule has 96 valence electrons. The van der Waals surface area contributed by atoms with Gasteiger partial charge in [0.25, 0.3) is 0 Å². The predicted molar refractivity (Wildman–Crippen MR) is 77.4 cm³/mol. The normalized spacial score (nSPS) is 11.5. The number of halogens is 1. The van der Waals surface area contributed by atoms with Gasteiger partial charge in [-0.05, 0) is 49.1 Å². The van der Waals surface area contributed by atoms with E-state index in [9.17, 15) is 0 Å². The molecule has 1 N–H and O–H groups in total. The summed E-state index contributed by atoms with van der Waals surface area (Å²) in [6.45, 7) is 8.50. The molecule has 0 unspecified atom stereocenters. The van der Waals surface area contributed by atoms with Gasteiger partial charge in [0.15, 0.2) is 0 Å². The number of fused-ring (bicyclic) bond motifs is 1. The molecule has 0 saturated heterocycles. The van der Waals surface area contributed by atoms with Crippen molar-refractivity contribution in [1.29, 1.82) is 0 Å². The van der Waals surface area contributed by atoms with Crippen LogP contribution in [0.25, 0.3) is 10.9 Å². The molecule has 1 heterocycles. The summed E-state index contributed by atoms with van der Waals surface area (Å²) < 4.78 is 0. The third kappa shape index (κ3) is 2.72. The average Bonchev–Trinajstić information content (AvgIpc) is 2.27. The second kappa shape index (κ2) is 5.11. The van der Waals surface area contributed by atoms with Gasteiger partial charge in [0.05, 0.1) is 5.52 Å². The van der Waals surface area contributed by atoms with Crippen LogP contribution in [-0.2, 0) is 0 Å². The van der Waals surface area contributed by atoms with Crippen molar-refractivity contribution in [2.45, 2.75) is 39.7 Å². The molecule has 2 rings (SSSR count). The van der Waals surface area contributed by atoms with E-state index in [1.54, 1.807) is 0 Å². The van der Waals surface area contributed by atoms with Crippen molar-refractivity contribution in [3.63, 3.8) is 0 Å². The van der Waals surface area contributed by atoms with Crippen LogP contribution in [0.5, 0.6) is 0 Å². The molecule has 1 aromatic heterocycles. The SMILES string of the molecule is CC(C)Nc1nc(Cl)nc2ccc(C(C)C)cc12. The molecule has 0 atom stereocenters. The molecular weight excluding hydrogens is 246 g/mol. The fourth-order valence-electron chi connectivity index (χ4n) is 1.86. The first-order chi connectivity index (χ1) is 8.47. The lowest BCUT2D eigenvalue weighted by molar-refractivity contribution is 0.867. The van der Waals surface area contributed by atoms with Gasteiger partial charge in [0, 0.05) is 11.4 Å². The van der Waals surface area contributed by atoms with Crippen molar-refractivity contribution in [2.24, 2.45) is 0 Å². The first-order valence-corrected chi connectivity index (χ1v) is 6.59. The van der Waals surface area contributed by atoms with Gasteiger partial charge in [-0.25, -0.2) is 9.97 Å². The second-order valence-corrected chi connectivity index (χ2v) is 5.41. The third-order valence-electron chi connectivity index (χ3n) is 2.78. The van der Waals surface area contributed by atoms with Crippen LogP contribution in [-0.4, -0.2) is 16.0 Å². The Morgan fingerprint density at radius 2 is 1.83 bits per heavy atom. The Hall–Kier alpha value is -1.35. The van der Waals surface area contributed by atoms with E-state index >= 15 is 0 Å². The van der Waals surface area contributed by atoms with Crippen molar-refractivity contribution in [3.8, 4) is 0 Å². The Morgan fingerprint density at radius 3 is 2.44 bits per heavy atom. The van der Waals surface area contributed by atoms with Crippen LogP contribution in [0.4, 0.5) is 5.82 Å². The molecule has 0 bridgehead atoms. The fourth-order valence-corrected chi connectivity index (χ4v) is 2.04. The molecular formula is C14H18ClN3. The quantitative estimate of drug-likeness (QED) is 0.843. The monoisotopic (exact) mass is 263 g/mol. The average molecular weight is 264 g/mol. The van der Waals surface area contributed by atoms with E-state index < -0.39 is 0 Å².